The van der Waals surface area contributed by atoms with Gasteiger partial charge in [0, 0.05) is 24.2 Å². The maximum atomic E-state index is 11.7. The molecule has 0 fully saturated rings. The summed E-state index contributed by atoms with van der Waals surface area (Å²) in [4.78, 5) is 28.7. The first-order valence-electron chi connectivity index (χ1n) is 6.65. The van der Waals surface area contributed by atoms with Crippen molar-refractivity contribution in [2.24, 2.45) is 5.73 Å². The van der Waals surface area contributed by atoms with E-state index in [1.165, 1.54) is 0 Å². The third-order valence-corrected chi connectivity index (χ3v) is 3.08. The van der Waals surface area contributed by atoms with Crippen LogP contribution in [0.3, 0.4) is 0 Å². The van der Waals surface area contributed by atoms with Gasteiger partial charge in [-0.25, -0.2) is 9.97 Å². The Bertz CT molecular complexity index is 833. The predicted octanol–water partition coefficient (Wildman–Crippen LogP) is 2.01. The average Bonchev–Trinajstić information content (AvgIpc) is 2.55. The molecule has 0 saturated carbocycles. The quantitative estimate of drug-likeness (QED) is 0.796. The summed E-state index contributed by atoms with van der Waals surface area (Å²) in [5.74, 6) is -0.643. The summed E-state index contributed by atoms with van der Waals surface area (Å²) in [5, 5.41) is 0. The fourth-order valence-corrected chi connectivity index (χ4v) is 2.09. The summed E-state index contributed by atoms with van der Waals surface area (Å²) in [6.45, 7) is 1.93. The van der Waals surface area contributed by atoms with E-state index in [0.717, 1.165) is 11.1 Å². The fraction of sp³-hybridized carbons (Fsp3) is 0.0625. The highest BCUT2D eigenvalue weighted by Gasteiger charge is 2.16. The minimum absolute atomic E-state index is 0.0951. The minimum atomic E-state index is -0.643. The van der Waals surface area contributed by atoms with E-state index in [1.54, 1.807) is 36.9 Å². The molecule has 22 heavy (non-hydrogen) atoms. The molecule has 108 valence electrons. The third kappa shape index (κ3) is 2.67. The molecule has 0 aromatic carbocycles. The van der Waals surface area contributed by atoms with Gasteiger partial charge in [0.25, 0.3) is 5.91 Å². The van der Waals surface area contributed by atoms with Crippen LogP contribution in [0.15, 0.2) is 49.1 Å². The van der Waals surface area contributed by atoms with E-state index < -0.39 is 5.91 Å². The van der Waals surface area contributed by atoms with Gasteiger partial charge in [0.2, 0.25) is 0 Å². The molecule has 0 saturated heterocycles. The normalized spacial score (nSPS) is 10.4. The SMILES string of the molecule is Cc1cncc(-c2cnc(-c3ccccn3)c(C(N)=O)n2)c1. The summed E-state index contributed by atoms with van der Waals surface area (Å²) in [7, 11) is 0. The highest BCUT2D eigenvalue weighted by molar-refractivity contribution is 5.96. The lowest BCUT2D eigenvalue weighted by Crippen LogP contribution is -2.16. The Morgan fingerprint density at radius 2 is 1.95 bits per heavy atom. The number of carbonyl (C=O) groups excluding carboxylic acids is 1. The minimum Gasteiger partial charge on any atom is -0.364 e. The zero-order valence-electron chi connectivity index (χ0n) is 11.9. The van der Waals surface area contributed by atoms with Gasteiger partial charge >= 0.3 is 0 Å². The van der Waals surface area contributed by atoms with Gasteiger partial charge < -0.3 is 5.73 Å². The Balaban J connectivity index is 2.14. The van der Waals surface area contributed by atoms with Gasteiger partial charge in [-0.05, 0) is 30.7 Å². The standard InChI is InChI=1S/C16H13N5O/c1-10-6-11(8-18-7-10)13-9-20-14(15(21-13)16(17)22)12-4-2-3-5-19-12/h2-9H,1H3,(H2,17,22). The molecule has 0 atom stereocenters. The molecular formula is C16H13N5O. The number of primary amides is 1. The molecule has 3 heterocycles. The lowest BCUT2D eigenvalue weighted by molar-refractivity contribution is 0.0996. The number of rotatable bonds is 3. The molecule has 0 aliphatic carbocycles. The van der Waals surface area contributed by atoms with Crippen LogP contribution >= 0.6 is 0 Å². The van der Waals surface area contributed by atoms with Crippen LogP contribution in [0.1, 0.15) is 16.1 Å². The Morgan fingerprint density at radius 3 is 2.64 bits per heavy atom. The third-order valence-electron chi connectivity index (χ3n) is 3.08. The molecule has 0 spiro atoms. The molecule has 3 aromatic rings. The second-order valence-electron chi connectivity index (χ2n) is 4.78. The monoisotopic (exact) mass is 291 g/mol. The largest absolute Gasteiger partial charge is 0.364 e. The van der Waals surface area contributed by atoms with E-state index in [0.29, 0.717) is 17.1 Å². The van der Waals surface area contributed by atoms with Crippen molar-refractivity contribution < 1.29 is 4.79 Å². The summed E-state index contributed by atoms with van der Waals surface area (Å²) in [6.07, 6.45) is 6.63. The number of amides is 1. The Hall–Kier alpha value is -3.15. The second-order valence-corrected chi connectivity index (χ2v) is 4.78. The molecule has 1 amide bonds. The van der Waals surface area contributed by atoms with E-state index in [2.05, 4.69) is 19.9 Å². The molecule has 0 radical (unpaired) electrons. The number of nitrogens with two attached hydrogens (primary N) is 1. The second kappa shape index (κ2) is 5.69. The molecule has 0 unspecified atom stereocenters. The smallest absolute Gasteiger partial charge is 0.269 e. The lowest BCUT2D eigenvalue weighted by atomic mass is 10.1. The van der Waals surface area contributed by atoms with Crippen LogP contribution in [0.5, 0.6) is 0 Å². The van der Waals surface area contributed by atoms with Crippen LogP contribution in [0.4, 0.5) is 0 Å². The van der Waals surface area contributed by atoms with Crippen molar-refractivity contribution in [2.75, 3.05) is 0 Å². The Morgan fingerprint density at radius 1 is 1.09 bits per heavy atom. The molecule has 3 aromatic heterocycles. The van der Waals surface area contributed by atoms with Crippen LogP contribution in [0, 0.1) is 6.92 Å². The Kier molecular flexibility index (Phi) is 3.57. The number of nitrogens with zero attached hydrogens (tertiary/aromatic N) is 4. The van der Waals surface area contributed by atoms with Crippen molar-refractivity contribution in [3.05, 3.63) is 60.3 Å². The lowest BCUT2D eigenvalue weighted by Gasteiger charge is -2.07. The number of hydrogen-bond donors (Lipinski definition) is 1. The molecule has 6 heteroatoms. The number of carbonyl (C=O) groups is 1. The predicted molar refractivity (Wildman–Crippen MR) is 81.7 cm³/mol. The van der Waals surface area contributed by atoms with E-state index in [-0.39, 0.29) is 5.69 Å². The van der Waals surface area contributed by atoms with E-state index in [9.17, 15) is 4.79 Å². The van der Waals surface area contributed by atoms with Crippen LogP contribution in [0.25, 0.3) is 22.6 Å². The van der Waals surface area contributed by atoms with Gasteiger partial charge in [0.15, 0.2) is 5.69 Å². The summed E-state index contributed by atoms with van der Waals surface area (Å²) in [6, 6.07) is 7.27. The summed E-state index contributed by atoms with van der Waals surface area (Å²) >= 11 is 0. The molecule has 0 aliphatic heterocycles. The molecule has 2 N–H and O–H groups in total. The van der Waals surface area contributed by atoms with Crippen molar-refractivity contribution in [1.29, 1.82) is 0 Å². The van der Waals surface area contributed by atoms with Gasteiger partial charge in [0.1, 0.15) is 5.69 Å². The van der Waals surface area contributed by atoms with Crippen molar-refractivity contribution in [3.63, 3.8) is 0 Å². The first kappa shape index (κ1) is 13.8. The van der Waals surface area contributed by atoms with Crippen LogP contribution in [0.2, 0.25) is 0 Å². The topological polar surface area (TPSA) is 94.6 Å². The van der Waals surface area contributed by atoms with Gasteiger partial charge in [-0.2, -0.15) is 0 Å². The molecule has 3 rings (SSSR count). The molecule has 0 aliphatic rings. The zero-order chi connectivity index (χ0) is 15.5. The van der Waals surface area contributed by atoms with Crippen molar-refractivity contribution >= 4 is 5.91 Å². The number of pyridine rings is 2. The number of hydrogen-bond acceptors (Lipinski definition) is 5. The Labute approximate surface area is 127 Å². The molecular weight excluding hydrogens is 278 g/mol. The van der Waals surface area contributed by atoms with Gasteiger partial charge in [-0.15, -0.1) is 0 Å². The zero-order valence-corrected chi connectivity index (χ0v) is 11.9. The fourth-order valence-electron chi connectivity index (χ4n) is 2.09. The van der Waals surface area contributed by atoms with Crippen molar-refractivity contribution in [1.82, 2.24) is 19.9 Å². The highest BCUT2D eigenvalue weighted by Crippen LogP contribution is 2.22. The average molecular weight is 291 g/mol. The van der Waals surface area contributed by atoms with E-state index >= 15 is 0 Å². The van der Waals surface area contributed by atoms with Crippen LogP contribution in [-0.2, 0) is 0 Å². The molecule has 6 nitrogen and oxygen atoms in total. The van der Waals surface area contributed by atoms with Crippen molar-refractivity contribution in [2.45, 2.75) is 6.92 Å². The van der Waals surface area contributed by atoms with E-state index in [1.807, 2.05) is 19.1 Å². The highest BCUT2D eigenvalue weighted by atomic mass is 16.1. The first-order chi connectivity index (χ1) is 10.6. The summed E-state index contributed by atoms with van der Waals surface area (Å²) in [5.41, 5.74) is 8.79. The number of aryl methyl sites for hydroxylation is 1. The van der Waals surface area contributed by atoms with Crippen LogP contribution in [-0.4, -0.2) is 25.8 Å². The van der Waals surface area contributed by atoms with Crippen molar-refractivity contribution in [3.8, 4) is 22.6 Å². The maximum absolute atomic E-state index is 11.7. The van der Waals surface area contributed by atoms with Gasteiger partial charge in [0.05, 0.1) is 17.6 Å². The first-order valence-corrected chi connectivity index (χ1v) is 6.65. The maximum Gasteiger partial charge on any atom is 0.269 e. The molecule has 0 bridgehead atoms. The summed E-state index contributed by atoms with van der Waals surface area (Å²) < 4.78 is 0. The van der Waals surface area contributed by atoms with Gasteiger partial charge in [-0.1, -0.05) is 6.07 Å². The van der Waals surface area contributed by atoms with Crippen LogP contribution < -0.4 is 5.73 Å². The van der Waals surface area contributed by atoms with E-state index in [4.69, 9.17) is 5.73 Å². The van der Waals surface area contributed by atoms with Gasteiger partial charge in [-0.3, -0.25) is 14.8 Å². The number of aromatic nitrogens is 4.